The lowest BCUT2D eigenvalue weighted by molar-refractivity contribution is -0.384. The second kappa shape index (κ2) is 6.01. The maximum Gasteiger partial charge on any atom is 0.270 e. The van der Waals surface area contributed by atoms with Gasteiger partial charge in [-0.1, -0.05) is 12.1 Å². The molecule has 0 amide bonds. The highest BCUT2D eigenvalue weighted by atomic mass is 16.6. The minimum absolute atomic E-state index is 0.0167. The average Bonchev–Trinajstić information content (AvgIpc) is 2.49. The van der Waals surface area contributed by atoms with Crippen LogP contribution in [0, 0.1) is 28.4 Å². The van der Waals surface area contributed by atoms with Gasteiger partial charge in [0.05, 0.1) is 16.2 Å². The molecule has 1 aromatic heterocycles. The number of hydrogen-bond donors (Lipinski definition) is 1. The Kier molecular flexibility index (Phi) is 4.14. The van der Waals surface area contributed by atoms with Gasteiger partial charge in [-0.15, -0.1) is 0 Å². The number of nitrogens with zero attached hydrogens (tertiary/aromatic N) is 3. The van der Waals surface area contributed by atoms with E-state index in [1.54, 1.807) is 18.2 Å². The normalized spacial score (nSPS) is 9.95. The zero-order valence-electron chi connectivity index (χ0n) is 11.8. The number of non-ortho nitro benzene ring substituents is 1. The van der Waals surface area contributed by atoms with Crippen LogP contribution in [0.15, 0.2) is 30.3 Å². The van der Waals surface area contributed by atoms with Gasteiger partial charge in [0.15, 0.2) is 0 Å². The van der Waals surface area contributed by atoms with E-state index in [-0.39, 0.29) is 5.69 Å². The van der Waals surface area contributed by atoms with Crippen molar-refractivity contribution in [2.24, 2.45) is 0 Å². The number of pyridine rings is 1. The maximum atomic E-state index is 10.9. The van der Waals surface area contributed by atoms with Crippen molar-refractivity contribution in [3.8, 4) is 17.3 Å². The molecule has 0 unspecified atom stereocenters. The van der Waals surface area contributed by atoms with Crippen LogP contribution in [0.5, 0.6) is 0 Å². The summed E-state index contributed by atoms with van der Waals surface area (Å²) in [6.07, 6.45) is 0. The Morgan fingerprint density at radius 3 is 2.81 bits per heavy atom. The summed E-state index contributed by atoms with van der Waals surface area (Å²) in [4.78, 5) is 14.9. The quantitative estimate of drug-likeness (QED) is 0.686. The molecular weight excluding hydrogens is 268 g/mol. The molecule has 0 saturated carbocycles. The summed E-state index contributed by atoms with van der Waals surface area (Å²) in [5.41, 5.74) is 2.57. The lowest BCUT2D eigenvalue weighted by Crippen LogP contribution is -2.04. The third kappa shape index (κ3) is 2.98. The van der Waals surface area contributed by atoms with Crippen LogP contribution in [-0.2, 0) is 0 Å². The molecule has 0 saturated heterocycles. The SMILES string of the molecule is CCNc1nc(-c2cccc([N+](=O)[O-])c2)c(C)cc1C#N. The van der Waals surface area contributed by atoms with Crippen molar-refractivity contribution in [1.82, 2.24) is 4.98 Å². The fraction of sp³-hybridized carbons (Fsp3) is 0.200. The number of nitro benzene ring substituents is 1. The zero-order valence-corrected chi connectivity index (χ0v) is 11.8. The lowest BCUT2D eigenvalue weighted by atomic mass is 10.0. The minimum atomic E-state index is -0.437. The molecule has 2 rings (SSSR count). The number of nitriles is 1. The summed E-state index contributed by atoms with van der Waals surface area (Å²) < 4.78 is 0. The smallest absolute Gasteiger partial charge is 0.270 e. The van der Waals surface area contributed by atoms with Crippen molar-refractivity contribution >= 4 is 11.5 Å². The van der Waals surface area contributed by atoms with Crippen LogP contribution in [0.1, 0.15) is 18.1 Å². The molecule has 0 atom stereocenters. The summed E-state index contributed by atoms with van der Waals surface area (Å²) in [6.45, 7) is 4.38. The zero-order chi connectivity index (χ0) is 15.4. The topological polar surface area (TPSA) is 91.8 Å². The fourth-order valence-corrected chi connectivity index (χ4v) is 2.06. The van der Waals surface area contributed by atoms with Gasteiger partial charge in [-0.05, 0) is 25.5 Å². The van der Waals surface area contributed by atoms with E-state index in [0.29, 0.717) is 29.2 Å². The van der Waals surface area contributed by atoms with Gasteiger partial charge in [-0.3, -0.25) is 10.1 Å². The van der Waals surface area contributed by atoms with E-state index in [4.69, 9.17) is 5.26 Å². The predicted octanol–water partition coefficient (Wildman–Crippen LogP) is 3.27. The van der Waals surface area contributed by atoms with Gasteiger partial charge >= 0.3 is 0 Å². The van der Waals surface area contributed by atoms with Crippen LogP contribution in [0.2, 0.25) is 0 Å². The van der Waals surface area contributed by atoms with Crippen molar-refractivity contribution in [3.05, 3.63) is 51.6 Å². The van der Waals surface area contributed by atoms with Crippen LogP contribution in [-0.4, -0.2) is 16.5 Å². The molecule has 1 aromatic carbocycles. The molecule has 106 valence electrons. The Bertz CT molecular complexity index is 735. The molecule has 0 aliphatic rings. The van der Waals surface area contributed by atoms with E-state index in [2.05, 4.69) is 16.4 Å². The molecule has 21 heavy (non-hydrogen) atoms. The van der Waals surface area contributed by atoms with Crippen LogP contribution in [0.3, 0.4) is 0 Å². The summed E-state index contributed by atoms with van der Waals surface area (Å²) in [5.74, 6) is 0.493. The first-order valence-electron chi connectivity index (χ1n) is 6.47. The van der Waals surface area contributed by atoms with Crippen molar-refractivity contribution < 1.29 is 4.92 Å². The van der Waals surface area contributed by atoms with Crippen LogP contribution >= 0.6 is 0 Å². The van der Waals surface area contributed by atoms with E-state index >= 15 is 0 Å². The predicted molar refractivity (Wildman–Crippen MR) is 79.9 cm³/mol. The molecule has 0 fully saturated rings. The Hall–Kier alpha value is -2.94. The van der Waals surface area contributed by atoms with Crippen molar-refractivity contribution in [3.63, 3.8) is 0 Å². The molecule has 0 spiro atoms. The number of benzene rings is 1. The van der Waals surface area contributed by atoms with Gasteiger partial charge in [0, 0.05) is 24.2 Å². The number of aryl methyl sites for hydroxylation is 1. The van der Waals surface area contributed by atoms with Crippen LogP contribution < -0.4 is 5.32 Å². The highest BCUT2D eigenvalue weighted by molar-refractivity contribution is 5.70. The van der Waals surface area contributed by atoms with Crippen molar-refractivity contribution in [2.45, 2.75) is 13.8 Å². The van der Waals surface area contributed by atoms with Gasteiger partial charge in [0.2, 0.25) is 0 Å². The molecule has 0 aliphatic carbocycles. The Labute approximate surface area is 122 Å². The lowest BCUT2D eigenvalue weighted by Gasteiger charge is -2.11. The molecule has 2 aromatic rings. The van der Waals surface area contributed by atoms with Crippen LogP contribution in [0.25, 0.3) is 11.3 Å². The Morgan fingerprint density at radius 2 is 2.19 bits per heavy atom. The molecular formula is C15H14N4O2. The first kappa shape index (κ1) is 14.5. The van der Waals surface area contributed by atoms with Gasteiger partial charge in [-0.25, -0.2) is 4.98 Å². The van der Waals surface area contributed by atoms with Gasteiger partial charge in [0.25, 0.3) is 5.69 Å². The number of aromatic nitrogens is 1. The van der Waals surface area contributed by atoms with E-state index in [0.717, 1.165) is 5.56 Å². The number of nitrogens with one attached hydrogen (secondary N) is 1. The summed E-state index contributed by atoms with van der Waals surface area (Å²) in [7, 11) is 0. The molecule has 1 heterocycles. The Balaban J connectivity index is 2.58. The van der Waals surface area contributed by atoms with E-state index in [1.165, 1.54) is 12.1 Å². The highest BCUT2D eigenvalue weighted by Gasteiger charge is 2.13. The molecule has 0 bridgehead atoms. The van der Waals surface area contributed by atoms with Gasteiger partial charge in [0.1, 0.15) is 11.9 Å². The monoisotopic (exact) mass is 282 g/mol. The highest BCUT2D eigenvalue weighted by Crippen LogP contribution is 2.28. The summed E-state index contributed by atoms with van der Waals surface area (Å²) in [6, 6.07) is 10.1. The molecule has 0 aliphatic heterocycles. The Morgan fingerprint density at radius 1 is 1.43 bits per heavy atom. The number of hydrogen-bond acceptors (Lipinski definition) is 5. The van der Waals surface area contributed by atoms with E-state index in [1.807, 2.05) is 13.8 Å². The number of anilines is 1. The third-order valence-electron chi connectivity index (χ3n) is 3.01. The molecule has 6 heteroatoms. The summed E-state index contributed by atoms with van der Waals surface area (Å²) >= 11 is 0. The number of nitro groups is 1. The van der Waals surface area contributed by atoms with Crippen molar-refractivity contribution in [2.75, 3.05) is 11.9 Å². The maximum absolute atomic E-state index is 10.9. The molecule has 0 radical (unpaired) electrons. The standard InChI is InChI=1S/C15H14N4O2/c1-3-17-15-12(9-16)7-10(2)14(18-15)11-5-4-6-13(8-11)19(20)21/h4-8H,3H2,1-2H3,(H,17,18). The second-order valence-electron chi connectivity index (χ2n) is 4.50. The van der Waals surface area contributed by atoms with Crippen LogP contribution in [0.4, 0.5) is 11.5 Å². The van der Waals surface area contributed by atoms with Crippen molar-refractivity contribution in [1.29, 1.82) is 5.26 Å². The molecule has 1 N–H and O–H groups in total. The fourth-order valence-electron chi connectivity index (χ4n) is 2.06. The third-order valence-corrected chi connectivity index (χ3v) is 3.01. The van der Waals surface area contributed by atoms with Gasteiger partial charge in [-0.2, -0.15) is 5.26 Å². The second-order valence-corrected chi connectivity index (χ2v) is 4.50. The first-order chi connectivity index (χ1) is 10.1. The first-order valence-corrected chi connectivity index (χ1v) is 6.47. The average molecular weight is 282 g/mol. The van der Waals surface area contributed by atoms with E-state index in [9.17, 15) is 10.1 Å². The largest absolute Gasteiger partial charge is 0.369 e. The minimum Gasteiger partial charge on any atom is -0.369 e. The number of rotatable bonds is 4. The van der Waals surface area contributed by atoms with Gasteiger partial charge < -0.3 is 5.32 Å². The molecule has 6 nitrogen and oxygen atoms in total. The summed E-state index contributed by atoms with van der Waals surface area (Å²) in [5, 5.41) is 23.0. The van der Waals surface area contributed by atoms with E-state index < -0.39 is 4.92 Å².